The molecule has 3 nitrogen and oxygen atoms in total. The molecule has 0 saturated heterocycles. The summed E-state index contributed by atoms with van der Waals surface area (Å²) in [6.45, 7) is 0. The minimum absolute atomic E-state index is 0.0484. The summed E-state index contributed by atoms with van der Waals surface area (Å²) < 4.78 is 0. The van der Waals surface area contributed by atoms with E-state index in [1.807, 2.05) is 60.4 Å². The Morgan fingerprint density at radius 1 is 1.16 bits per heavy atom. The summed E-state index contributed by atoms with van der Waals surface area (Å²) >= 11 is 1.82. The van der Waals surface area contributed by atoms with E-state index in [0.29, 0.717) is 5.56 Å². The molecule has 0 atom stereocenters. The normalized spacial score (nSPS) is 10.2. The molecule has 0 radical (unpaired) electrons. The molecule has 2 rings (SSSR count). The van der Waals surface area contributed by atoms with Gasteiger partial charge in [-0.1, -0.05) is 18.2 Å². The molecule has 0 unspecified atom stereocenters. The molecule has 4 heteroatoms. The number of aromatic nitrogens is 1. The van der Waals surface area contributed by atoms with Crippen LogP contribution in [0, 0.1) is 0 Å². The fourth-order valence-electron chi connectivity index (χ4n) is 1.65. The first-order valence-corrected chi connectivity index (χ1v) is 7.24. The summed E-state index contributed by atoms with van der Waals surface area (Å²) in [5, 5.41) is 2.61. The van der Waals surface area contributed by atoms with Gasteiger partial charge in [-0.15, -0.1) is 0 Å². The number of hydrogen-bond acceptors (Lipinski definition) is 3. The van der Waals surface area contributed by atoms with Gasteiger partial charge in [-0.25, -0.2) is 0 Å². The Labute approximate surface area is 117 Å². The molecule has 0 saturated carbocycles. The molecule has 0 fully saturated rings. The van der Waals surface area contributed by atoms with Gasteiger partial charge in [0, 0.05) is 30.3 Å². The topological polar surface area (TPSA) is 42.0 Å². The molecule has 1 amide bonds. The van der Waals surface area contributed by atoms with Crippen molar-refractivity contribution >= 4 is 17.7 Å². The number of nitrogens with one attached hydrogen (secondary N) is 1. The van der Waals surface area contributed by atoms with Gasteiger partial charge in [0.25, 0.3) is 5.91 Å². The molecule has 0 spiro atoms. The van der Waals surface area contributed by atoms with E-state index in [0.717, 1.165) is 17.2 Å². The molecule has 19 heavy (non-hydrogen) atoms. The third kappa shape index (κ3) is 4.10. The predicted molar refractivity (Wildman–Crippen MR) is 79.1 cm³/mol. The summed E-state index contributed by atoms with van der Waals surface area (Å²) in [5.41, 5.74) is 3.00. The number of carbonyl (C=O) groups is 1. The fraction of sp³-hybridized carbons (Fsp3) is 0.200. The molecule has 1 aromatic heterocycles. The van der Waals surface area contributed by atoms with Gasteiger partial charge in [-0.2, -0.15) is 11.8 Å². The third-order valence-corrected chi connectivity index (χ3v) is 3.73. The largest absolute Gasteiger partial charge is 0.355 e. The van der Waals surface area contributed by atoms with Crippen LogP contribution in [0.2, 0.25) is 0 Å². The summed E-state index contributed by atoms with van der Waals surface area (Å²) in [6.07, 6.45) is 1.81. The van der Waals surface area contributed by atoms with Crippen LogP contribution < -0.4 is 5.32 Å². The highest BCUT2D eigenvalue weighted by Crippen LogP contribution is 2.17. The fourth-order valence-corrected chi connectivity index (χ4v) is 2.56. The van der Waals surface area contributed by atoms with E-state index < -0.39 is 0 Å². The first-order valence-electron chi connectivity index (χ1n) is 6.08. The van der Waals surface area contributed by atoms with E-state index in [1.54, 1.807) is 7.05 Å². The lowest BCUT2D eigenvalue weighted by molar-refractivity contribution is 0.0963. The van der Waals surface area contributed by atoms with Crippen LogP contribution in [0.4, 0.5) is 0 Å². The average molecular weight is 272 g/mol. The molecule has 0 aliphatic carbocycles. The van der Waals surface area contributed by atoms with Gasteiger partial charge in [0.1, 0.15) is 0 Å². The number of nitrogens with zero attached hydrogens (tertiary/aromatic N) is 1. The monoisotopic (exact) mass is 272 g/mol. The molecule has 1 heterocycles. The average Bonchev–Trinajstić information content (AvgIpc) is 2.48. The van der Waals surface area contributed by atoms with Crippen molar-refractivity contribution in [2.24, 2.45) is 0 Å². The minimum Gasteiger partial charge on any atom is -0.355 e. The Morgan fingerprint density at radius 2 is 1.95 bits per heavy atom. The highest BCUT2D eigenvalue weighted by Gasteiger charge is 2.02. The highest BCUT2D eigenvalue weighted by atomic mass is 32.2. The molecule has 0 aliphatic heterocycles. The molecule has 98 valence electrons. The first-order chi connectivity index (χ1) is 9.29. The third-order valence-electron chi connectivity index (χ3n) is 2.69. The number of pyridine rings is 1. The van der Waals surface area contributed by atoms with Crippen LogP contribution in [0.3, 0.4) is 0 Å². The number of thioether (sulfide) groups is 1. The molecule has 1 N–H and O–H groups in total. The van der Waals surface area contributed by atoms with Gasteiger partial charge < -0.3 is 5.32 Å². The van der Waals surface area contributed by atoms with Gasteiger partial charge in [0.2, 0.25) is 0 Å². The molecular formula is C15H16N2OS. The van der Waals surface area contributed by atoms with Gasteiger partial charge in [-0.3, -0.25) is 9.78 Å². The zero-order valence-corrected chi connectivity index (χ0v) is 11.6. The van der Waals surface area contributed by atoms with Crippen molar-refractivity contribution in [1.29, 1.82) is 0 Å². The predicted octanol–water partition coefficient (Wildman–Crippen LogP) is 2.87. The number of hydrogen-bond donors (Lipinski definition) is 1. The van der Waals surface area contributed by atoms with Gasteiger partial charge in [-0.05, 0) is 29.8 Å². The second-order valence-corrected chi connectivity index (χ2v) is 5.08. The van der Waals surface area contributed by atoms with Crippen molar-refractivity contribution in [2.75, 3.05) is 7.05 Å². The van der Waals surface area contributed by atoms with Gasteiger partial charge >= 0.3 is 0 Å². The van der Waals surface area contributed by atoms with Crippen molar-refractivity contribution in [3.63, 3.8) is 0 Å². The van der Waals surface area contributed by atoms with Crippen LogP contribution in [0.1, 0.15) is 21.6 Å². The molecular weight excluding hydrogens is 256 g/mol. The van der Waals surface area contributed by atoms with Crippen LogP contribution in [0.15, 0.2) is 48.7 Å². The molecule has 1 aromatic carbocycles. The van der Waals surface area contributed by atoms with Crippen LogP contribution in [-0.4, -0.2) is 17.9 Å². The Kier molecular flexibility index (Phi) is 4.98. The van der Waals surface area contributed by atoms with Crippen LogP contribution in [0.5, 0.6) is 0 Å². The van der Waals surface area contributed by atoms with Crippen molar-refractivity contribution < 1.29 is 4.79 Å². The Bertz CT molecular complexity index is 526. The number of amides is 1. The van der Waals surface area contributed by atoms with Crippen LogP contribution >= 0.6 is 11.8 Å². The Hall–Kier alpha value is -1.81. The lowest BCUT2D eigenvalue weighted by Gasteiger charge is -2.03. The number of rotatable bonds is 5. The van der Waals surface area contributed by atoms with E-state index in [1.165, 1.54) is 5.56 Å². The second kappa shape index (κ2) is 6.95. The quantitative estimate of drug-likeness (QED) is 0.910. The zero-order chi connectivity index (χ0) is 13.5. The molecule has 0 bridgehead atoms. The second-order valence-electron chi connectivity index (χ2n) is 4.09. The SMILES string of the molecule is CNC(=O)c1ccc(CSCc2ccccn2)cc1. The maximum absolute atomic E-state index is 11.4. The zero-order valence-electron chi connectivity index (χ0n) is 10.8. The van der Waals surface area contributed by atoms with E-state index in [9.17, 15) is 4.79 Å². The number of carbonyl (C=O) groups excluding carboxylic acids is 1. The minimum atomic E-state index is -0.0484. The van der Waals surface area contributed by atoms with Gasteiger partial charge in [0.05, 0.1) is 5.69 Å². The highest BCUT2D eigenvalue weighted by molar-refractivity contribution is 7.97. The lowest BCUT2D eigenvalue weighted by atomic mass is 10.1. The van der Waals surface area contributed by atoms with Crippen LogP contribution in [0.25, 0.3) is 0 Å². The van der Waals surface area contributed by atoms with Gasteiger partial charge in [0.15, 0.2) is 0 Å². The van der Waals surface area contributed by atoms with E-state index in [-0.39, 0.29) is 5.91 Å². The van der Waals surface area contributed by atoms with Crippen molar-refractivity contribution in [2.45, 2.75) is 11.5 Å². The summed E-state index contributed by atoms with van der Waals surface area (Å²) in [7, 11) is 1.64. The lowest BCUT2D eigenvalue weighted by Crippen LogP contribution is -2.17. The van der Waals surface area contributed by atoms with Crippen molar-refractivity contribution in [3.05, 3.63) is 65.5 Å². The smallest absolute Gasteiger partial charge is 0.251 e. The number of benzene rings is 1. The molecule has 2 aromatic rings. The van der Waals surface area contributed by atoms with Crippen molar-refractivity contribution in [3.8, 4) is 0 Å². The summed E-state index contributed by atoms with van der Waals surface area (Å²) in [4.78, 5) is 15.7. The van der Waals surface area contributed by atoms with Crippen molar-refractivity contribution in [1.82, 2.24) is 10.3 Å². The summed E-state index contributed by atoms with van der Waals surface area (Å²) in [5.74, 6) is 1.77. The first kappa shape index (κ1) is 13.6. The van der Waals surface area contributed by atoms with Crippen LogP contribution in [-0.2, 0) is 11.5 Å². The van der Waals surface area contributed by atoms with E-state index in [2.05, 4.69) is 10.3 Å². The standard InChI is InChI=1S/C15H16N2OS/c1-16-15(18)13-7-5-12(6-8-13)10-19-11-14-4-2-3-9-17-14/h2-9H,10-11H2,1H3,(H,16,18). The Morgan fingerprint density at radius 3 is 2.58 bits per heavy atom. The molecule has 0 aliphatic rings. The summed E-state index contributed by atoms with van der Waals surface area (Å²) in [6, 6.07) is 13.7. The maximum atomic E-state index is 11.4. The Balaban J connectivity index is 1.85. The van der Waals surface area contributed by atoms with E-state index >= 15 is 0 Å². The van der Waals surface area contributed by atoms with E-state index in [4.69, 9.17) is 0 Å². The maximum Gasteiger partial charge on any atom is 0.251 e.